The maximum absolute atomic E-state index is 13.7. The molecule has 0 unspecified atom stereocenters. The van der Waals surface area contributed by atoms with Gasteiger partial charge in [0.15, 0.2) is 0 Å². The van der Waals surface area contributed by atoms with Crippen LogP contribution in [-0.2, 0) is 20.8 Å². The highest BCUT2D eigenvalue weighted by Gasteiger charge is 2.31. The first-order chi connectivity index (χ1) is 12.1. The van der Waals surface area contributed by atoms with Crippen molar-refractivity contribution in [3.05, 3.63) is 35.4 Å². The van der Waals surface area contributed by atoms with Gasteiger partial charge in [0.2, 0.25) is 17.7 Å². The van der Waals surface area contributed by atoms with Crippen LogP contribution in [0.15, 0.2) is 18.2 Å². The summed E-state index contributed by atoms with van der Waals surface area (Å²) < 4.78 is 27.3. The highest BCUT2D eigenvalue weighted by molar-refractivity contribution is 5.93. The minimum absolute atomic E-state index is 0.197. The third kappa shape index (κ3) is 6.07. The molecule has 1 rings (SSSR count). The van der Waals surface area contributed by atoms with Crippen molar-refractivity contribution < 1.29 is 23.2 Å². The minimum atomic E-state index is -1.32. The predicted octanol–water partition coefficient (Wildman–Crippen LogP) is 0.111. The van der Waals surface area contributed by atoms with Gasteiger partial charge in [0.1, 0.15) is 23.2 Å². The maximum atomic E-state index is 13.7. The lowest BCUT2D eigenvalue weighted by atomic mass is 10.0. The van der Waals surface area contributed by atoms with Crippen LogP contribution in [0.1, 0.15) is 32.3 Å². The van der Waals surface area contributed by atoms with Crippen molar-refractivity contribution in [1.29, 1.82) is 0 Å². The maximum Gasteiger partial charge on any atom is 0.243 e. The normalized spacial score (nSPS) is 12.3. The third-order valence-corrected chi connectivity index (χ3v) is 3.80. The van der Waals surface area contributed by atoms with E-state index in [1.807, 2.05) is 0 Å². The molecule has 1 atom stereocenters. The number of nitrogens with two attached hydrogens (primary N) is 2. The Morgan fingerprint density at radius 2 is 1.77 bits per heavy atom. The molecular weight excluding hydrogens is 346 g/mol. The van der Waals surface area contributed by atoms with E-state index in [1.165, 1.54) is 19.9 Å². The van der Waals surface area contributed by atoms with E-state index in [4.69, 9.17) is 11.5 Å². The lowest BCUT2D eigenvalue weighted by molar-refractivity contribution is -0.133. The van der Waals surface area contributed by atoms with Gasteiger partial charge in [0, 0.05) is 5.56 Å². The van der Waals surface area contributed by atoms with Gasteiger partial charge in [-0.05, 0) is 45.4 Å². The Hall–Kier alpha value is -2.55. The average Bonchev–Trinajstić information content (AvgIpc) is 2.54. The van der Waals surface area contributed by atoms with Crippen molar-refractivity contribution in [3.63, 3.8) is 0 Å². The van der Waals surface area contributed by atoms with Crippen molar-refractivity contribution in [2.75, 3.05) is 6.54 Å². The molecule has 0 aliphatic heterocycles. The summed E-state index contributed by atoms with van der Waals surface area (Å²) in [5.41, 5.74) is 8.93. The first-order valence-electron chi connectivity index (χ1n) is 8.12. The second kappa shape index (κ2) is 9.23. The quantitative estimate of drug-likeness (QED) is 0.492. The second-order valence-electron chi connectivity index (χ2n) is 6.41. The Kier molecular flexibility index (Phi) is 7.63. The zero-order valence-corrected chi connectivity index (χ0v) is 14.8. The van der Waals surface area contributed by atoms with Crippen LogP contribution in [0.2, 0.25) is 0 Å². The minimum Gasteiger partial charge on any atom is -0.368 e. The van der Waals surface area contributed by atoms with Crippen LogP contribution >= 0.6 is 0 Å². The highest BCUT2D eigenvalue weighted by atomic mass is 19.1. The van der Waals surface area contributed by atoms with Crippen LogP contribution < -0.4 is 22.1 Å². The molecule has 0 heterocycles. The van der Waals surface area contributed by atoms with E-state index < -0.39 is 47.4 Å². The van der Waals surface area contributed by atoms with Gasteiger partial charge in [-0.3, -0.25) is 14.4 Å². The van der Waals surface area contributed by atoms with Crippen LogP contribution in [0.3, 0.4) is 0 Å². The van der Waals surface area contributed by atoms with Crippen LogP contribution in [0, 0.1) is 11.6 Å². The summed E-state index contributed by atoms with van der Waals surface area (Å²) in [4.78, 5) is 35.9. The first kappa shape index (κ1) is 21.5. The molecule has 144 valence electrons. The van der Waals surface area contributed by atoms with Gasteiger partial charge in [-0.1, -0.05) is 6.07 Å². The zero-order chi connectivity index (χ0) is 19.9. The van der Waals surface area contributed by atoms with Gasteiger partial charge in [-0.2, -0.15) is 0 Å². The summed E-state index contributed by atoms with van der Waals surface area (Å²) in [6, 6.07) is 2.26. The van der Waals surface area contributed by atoms with E-state index >= 15 is 0 Å². The molecule has 7 nitrogen and oxygen atoms in total. The Labute approximate surface area is 150 Å². The van der Waals surface area contributed by atoms with Crippen LogP contribution in [0.5, 0.6) is 0 Å². The van der Waals surface area contributed by atoms with Gasteiger partial charge >= 0.3 is 0 Å². The van der Waals surface area contributed by atoms with Crippen LogP contribution in [0.4, 0.5) is 8.78 Å². The molecule has 0 aliphatic carbocycles. The van der Waals surface area contributed by atoms with E-state index in [1.54, 1.807) is 0 Å². The SMILES string of the molecule is CC(C)(NC(=O)[C@@H](CCCN)NC(=O)Cc1c(F)cccc1F)C(N)=O. The molecule has 6 N–H and O–H groups in total. The van der Waals surface area contributed by atoms with Crippen molar-refractivity contribution in [2.24, 2.45) is 11.5 Å². The van der Waals surface area contributed by atoms with Crippen LogP contribution in [-0.4, -0.2) is 35.8 Å². The molecule has 9 heteroatoms. The lowest BCUT2D eigenvalue weighted by Crippen LogP contribution is -2.58. The molecule has 26 heavy (non-hydrogen) atoms. The van der Waals surface area contributed by atoms with Gasteiger partial charge < -0.3 is 22.1 Å². The molecule has 0 saturated heterocycles. The Morgan fingerprint density at radius 3 is 2.27 bits per heavy atom. The number of amides is 3. The van der Waals surface area contributed by atoms with E-state index in [9.17, 15) is 23.2 Å². The lowest BCUT2D eigenvalue weighted by Gasteiger charge is -2.26. The van der Waals surface area contributed by atoms with E-state index in [0.717, 1.165) is 12.1 Å². The molecule has 0 radical (unpaired) electrons. The van der Waals surface area contributed by atoms with Crippen molar-refractivity contribution >= 4 is 17.7 Å². The number of hydrogen-bond donors (Lipinski definition) is 4. The summed E-state index contributed by atoms with van der Waals surface area (Å²) in [6.45, 7) is 3.12. The molecule has 1 aromatic rings. The van der Waals surface area contributed by atoms with Crippen molar-refractivity contribution in [3.8, 4) is 0 Å². The number of hydrogen-bond acceptors (Lipinski definition) is 4. The third-order valence-electron chi connectivity index (χ3n) is 3.80. The Morgan fingerprint density at radius 1 is 1.19 bits per heavy atom. The smallest absolute Gasteiger partial charge is 0.243 e. The van der Waals surface area contributed by atoms with Crippen LogP contribution in [0.25, 0.3) is 0 Å². The van der Waals surface area contributed by atoms with Crippen molar-refractivity contribution in [1.82, 2.24) is 10.6 Å². The number of rotatable bonds is 9. The van der Waals surface area contributed by atoms with Gasteiger partial charge in [-0.15, -0.1) is 0 Å². The monoisotopic (exact) mass is 370 g/mol. The summed E-state index contributed by atoms with van der Waals surface area (Å²) in [5, 5.41) is 4.86. The van der Waals surface area contributed by atoms with Gasteiger partial charge in [-0.25, -0.2) is 8.78 Å². The summed E-state index contributed by atoms with van der Waals surface area (Å²) >= 11 is 0. The number of benzene rings is 1. The molecule has 0 spiro atoms. The van der Waals surface area contributed by atoms with Gasteiger partial charge in [0.25, 0.3) is 0 Å². The largest absolute Gasteiger partial charge is 0.368 e. The number of primary amides is 1. The number of nitrogens with one attached hydrogen (secondary N) is 2. The predicted molar refractivity (Wildman–Crippen MR) is 91.7 cm³/mol. The van der Waals surface area contributed by atoms with E-state index in [-0.39, 0.29) is 18.5 Å². The fourth-order valence-electron chi connectivity index (χ4n) is 2.15. The van der Waals surface area contributed by atoms with E-state index in [0.29, 0.717) is 6.42 Å². The molecule has 0 aromatic heterocycles. The molecular formula is C17H24F2N4O3. The Bertz CT molecular complexity index is 660. The van der Waals surface area contributed by atoms with E-state index in [2.05, 4.69) is 10.6 Å². The zero-order valence-electron chi connectivity index (χ0n) is 14.8. The standard InChI is InChI=1S/C17H24F2N4O3/c1-17(2,16(21)26)23-15(25)13(7-4-8-20)22-14(24)9-10-11(18)5-3-6-12(10)19/h3,5-6,13H,4,7-9,20H2,1-2H3,(H2,21,26)(H,22,24)(H,23,25)/t13-/m1/s1. The second-order valence-corrected chi connectivity index (χ2v) is 6.41. The molecule has 0 fully saturated rings. The fourth-order valence-corrected chi connectivity index (χ4v) is 2.15. The number of carbonyl (C=O) groups excluding carboxylic acids is 3. The number of carbonyl (C=O) groups is 3. The molecule has 0 saturated carbocycles. The highest BCUT2D eigenvalue weighted by Crippen LogP contribution is 2.13. The number of halogens is 2. The summed E-state index contributed by atoms with van der Waals surface area (Å²) in [7, 11) is 0. The van der Waals surface area contributed by atoms with Gasteiger partial charge in [0.05, 0.1) is 6.42 Å². The summed E-state index contributed by atoms with van der Waals surface area (Å²) in [5.74, 6) is -3.81. The van der Waals surface area contributed by atoms with Crippen molar-refractivity contribution in [2.45, 2.75) is 44.7 Å². The Balaban J connectivity index is 2.84. The molecule has 3 amide bonds. The average molecular weight is 370 g/mol. The molecule has 0 bridgehead atoms. The fraction of sp³-hybridized carbons (Fsp3) is 0.471. The first-order valence-corrected chi connectivity index (χ1v) is 8.12. The molecule has 0 aliphatic rings. The summed E-state index contributed by atoms with van der Waals surface area (Å²) in [6.07, 6.45) is 0.0518. The molecule has 1 aromatic carbocycles. The topological polar surface area (TPSA) is 127 Å².